The van der Waals surface area contributed by atoms with Crippen molar-refractivity contribution >= 4 is 11.6 Å². The van der Waals surface area contributed by atoms with E-state index in [9.17, 15) is 14.7 Å². The lowest BCUT2D eigenvalue weighted by Gasteiger charge is -2.20. The number of rotatable bonds is 2. The summed E-state index contributed by atoms with van der Waals surface area (Å²) < 4.78 is 5.40. The molecule has 3 aliphatic rings. The lowest BCUT2D eigenvalue weighted by Crippen LogP contribution is -2.38. The summed E-state index contributed by atoms with van der Waals surface area (Å²) in [6, 6.07) is 17.1. The lowest BCUT2D eigenvalue weighted by molar-refractivity contribution is 0.0324. The molecule has 3 aliphatic carbocycles. The summed E-state index contributed by atoms with van der Waals surface area (Å²) in [7, 11) is 1.52. The highest BCUT2D eigenvalue weighted by Crippen LogP contribution is 2.46. The third kappa shape index (κ3) is 1.71. The van der Waals surface area contributed by atoms with Gasteiger partial charge in [-0.2, -0.15) is 0 Å². The Morgan fingerprint density at radius 1 is 0.833 bits per heavy atom. The van der Waals surface area contributed by atoms with Crippen LogP contribution in [0.25, 0.3) is 11.1 Å². The van der Waals surface area contributed by atoms with Crippen LogP contribution in [0.1, 0.15) is 26.3 Å². The molecule has 4 heteroatoms. The third-order valence-electron chi connectivity index (χ3n) is 4.55. The van der Waals surface area contributed by atoms with Crippen molar-refractivity contribution in [3.8, 4) is 16.9 Å². The molecule has 0 amide bonds. The summed E-state index contributed by atoms with van der Waals surface area (Å²) in [4.78, 5) is 25.7. The van der Waals surface area contributed by atoms with E-state index >= 15 is 0 Å². The molecule has 24 heavy (non-hydrogen) atoms. The van der Waals surface area contributed by atoms with Gasteiger partial charge in [0.05, 0.1) is 7.11 Å². The molecule has 1 N–H and O–H groups in total. The molecule has 4 nitrogen and oxygen atoms in total. The summed E-state index contributed by atoms with van der Waals surface area (Å²) in [5.74, 6) is -0.687. The van der Waals surface area contributed by atoms with Gasteiger partial charge in [0.15, 0.2) is 0 Å². The Labute approximate surface area is 138 Å². The van der Waals surface area contributed by atoms with Gasteiger partial charge in [-0.15, -0.1) is 0 Å². The smallest absolute Gasteiger partial charge is 0.217 e. The first-order valence-corrected chi connectivity index (χ1v) is 7.56. The molecule has 0 bridgehead atoms. The largest absolute Gasteiger partial charge is 0.496 e. The van der Waals surface area contributed by atoms with Gasteiger partial charge in [-0.3, -0.25) is 9.59 Å². The fraction of sp³-hybridized carbons (Fsp3) is 0.100. The topological polar surface area (TPSA) is 63.6 Å². The van der Waals surface area contributed by atoms with Crippen LogP contribution in [0.2, 0.25) is 0 Å². The highest BCUT2D eigenvalue weighted by atomic mass is 16.5. The number of carbonyl (C=O) groups excluding carboxylic acids is 2. The van der Waals surface area contributed by atoms with Crippen molar-refractivity contribution in [1.82, 2.24) is 0 Å². The minimum Gasteiger partial charge on any atom is -0.496 e. The Balaban J connectivity index is 2.00. The second kappa shape index (κ2) is 5.01. The maximum Gasteiger partial charge on any atom is 0.217 e. The summed E-state index contributed by atoms with van der Waals surface area (Å²) in [5, 5.41) is 11.2. The Morgan fingerprint density at radius 3 is 2.04 bits per heavy atom. The van der Waals surface area contributed by atoms with Gasteiger partial charge in [-0.25, -0.2) is 0 Å². The molecule has 0 aliphatic heterocycles. The second-order valence-electron chi connectivity index (χ2n) is 5.78. The third-order valence-corrected chi connectivity index (χ3v) is 4.55. The van der Waals surface area contributed by atoms with Crippen LogP contribution in [0.5, 0.6) is 5.75 Å². The molecule has 0 radical (unpaired) electrons. The van der Waals surface area contributed by atoms with Crippen LogP contribution in [-0.2, 0) is 5.60 Å². The fourth-order valence-electron chi connectivity index (χ4n) is 3.38. The lowest BCUT2D eigenvalue weighted by atomic mass is 9.87. The highest BCUT2D eigenvalue weighted by Gasteiger charge is 2.54. The van der Waals surface area contributed by atoms with E-state index < -0.39 is 17.2 Å². The number of carbonyl (C=O) groups is 2. The maximum atomic E-state index is 12.8. The van der Waals surface area contributed by atoms with Crippen LogP contribution >= 0.6 is 0 Å². The molecule has 0 saturated heterocycles. The van der Waals surface area contributed by atoms with Crippen LogP contribution in [-0.4, -0.2) is 23.8 Å². The van der Waals surface area contributed by atoms with Gasteiger partial charge >= 0.3 is 0 Å². The standard InChI is InChI=1S/C20H14O4/c1-24-16-9-5-2-6-12-10-11-15(17(12)16)20(23)18(21)13-7-3-4-8-14(13)19(20)22/h2-11,23H,1H3. The van der Waals surface area contributed by atoms with E-state index in [0.717, 1.165) is 5.56 Å². The Hall–Kier alpha value is -2.98. The molecular formula is C20H14O4. The molecule has 0 atom stereocenters. The number of fused-ring (bicyclic) bond motifs is 2. The molecule has 0 heterocycles. The first kappa shape index (κ1) is 14.6. The van der Waals surface area contributed by atoms with Gasteiger partial charge in [-0.05, 0) is 11.6 Å². The maximum absolute atomic E-state index is 12.8. The zero-order valence-electron chi connectivity index (χ0n) is 12.9. The molecule has 118 valence electrons. The van der Waals surface area contributed by atoms with Gasteiger partial charge in [0.25, 0.3) is 0 Å². The number of hydrogen-bond acceptors (Lipinski definition) is 4. The van der Waals surface area contributed by atoms with Gasteiger partial charge in [0.2, 0.25) is 17.2 Å². The van der Waals surface area contributed by atoms with Crippen molar-refractivity contribution in [1.29, 1.82) is 0 Å². The Morgan fingerprint density at radius 2 is 1.42 bits per heavy atom. The first-order valence-electron chi connectivity index (χ1n) is 7.56. The van der Waals surface area contributed by atoms with E-state index in [4.69, 9.17) is 4.74 Å². The predicted octanol–water partition coefficient (Wildman–Crippen LogP) is 3.07. The van der Waals surface area contributed by atoms with Crippen molar-refractivity contribution in [3.63, 3.8) is 0 Å². The zero-order valence-corrected chi connectivity index (χ0v) is 12.9. The van der Waals surface area contributed by atoms with E-state index in [2.05, 4.69) is 0 Å². The van der Waals surface area contributed by atoms with Crippen molar-refractivity contribution in [3.05, 3.63) is 77.4 Å². The molecular weight excluding hydrogens is 304 g/mol. The molecule has 0 spiro atoms. The zero-order chi connectivity index (χ0) is 16.9. The van der Waals surface area contributed by atoms with Crippen molar-refractivity contribution in [2.75, 3.05) is 7.11 Å². The van der Waals surface area contributed by atoms with Gasteiger partial charge < -0.3 is 9.84 Å². The van der Waals surface area contributed by atoms with Crippen molar-refractivity contribution in [2.45, 2.75) is 5.60 Å². The molecule has 1 aromatic rings. The van der Waals surface area contributed by atoms with E-state index in [1.165, 1.54) is 7.11 Å². The number of ether oxygens (including phenoxy) is 1. The second-order valence-corrected chi connectivity index (χ2v) is 5.78. The van der Waals surface area contributed by atoms with Gasteiger partial charge in [0.1, 0.15) is 5.75 Å². The van der Waals surface area contributed by atoms with E-state index in [1.54, 1.807) is 48.5 Å². The van der Waals surface area contributed by atoms with Gasteiger partial charge in [-0.1, -0.05) is 54.6 Å². The Bertz CT molecular complexity index is 922. The van der Waals surface area contributed by atoms with Crippen LogP contribution in [0, 0.1) is 0 Å². The van der Waals surface area contributed by atoms with Crippen LogP contribution in [0.15, 0.2) is 60.7 Å². The van der Waals surface area contributed by atoms with Crippen molar-refractivity contribution in [2.24, 2.45) is 0 Å². The quantitative estimate of drug-likeness (QED) is 0.738. The summed E-state index contributed by atoms with van der Waals surface area (Å²) in [6.45, 7) is 0. The first-order chi connectivity index (χ1) is 11.6. The monoisotopic (exact) mass is 318 g/mol. The number of methoxy groups -OCH3 is 1. The molecule has 4 rings (SSSR count). The SMILES string of the molecule is COc1ccccc2ccc(C3(O)C(=O)c4ccccc4C3=O)c1-2. The molecule has 0 saturated carbocycles. The number of Topliss-reactive ketones (excluding diaryl/α,β-unsaturated/α-hetero) is 2. The highest BCUT2D eigenvalue weighted by molar-refractivity contribution is 6.32. The summed E-state index contributed by atoms with van der Waals surface area (Å²) in [5.41, 5.74) is -0.0992. The van der Waals surface area contributed by atoms with Crippen molar-refractivity contribution < 1.29 is 19.4 Å². The molecule has 0 fully saturated rings. The van der Waals surface area contributed by atoms with Crippen LogP contribution in [0.3, 0.4) is 0 Å². The average Bonchev–Trinajstić information content (AvgIpc) is 3.02. The van der Waals surface area contributed by atoms with Crippen LogP contribution in [0.4, 0.5) is 0 Å². The fourth-order valence-corrected chi connectivity index (χ4v) is 3.38. The van der Waals surface area contributed by atoms with Gasteiger partial charge in [0, 0.05) is 22.3 Å². The number of benzene rings is 1. The molecule has 0 unspecified atom stereocenters. The number of ketones is 2. The van der Waals surface area contributed by atoms with E-state index in [1.807, 2.05) is 12.1 Å². The molecule has 1 aromatic carbocycles. The summed E-state index contributed by atoms with van der Waals surface area (Å²) in [6.07, 6.45) is 0. The average molecular weight is 318 g/mol. The van der Waals surface area contributed by atoms with Crippen LogP contribution < -0.4 is 4.74 Å². The van der Waals surface area contributed by atoms with E-state index in [0.29, 0.717) is 11.3 Å². The van der Waals surface area contributed by atoms with E-state index in [-0.39, 0.29) is 16.7 Å². The number of hydrogen-bond donors (Lipinski definition) is 1. The molecule has 0 aromatic heterocycles. The minimum atomic E-state index is -2.22. The minimum absolute atomic E-state index is 0.249. The normalized spacial score (nSPS) is 15.6. The Kier molecular flexibility index (Phi) is 3.05. The summed E-state index contributed by atoms with van der Waals surface area (Å²) >= 11 is 0. The predicted molar refractivity (Wildman–Crippen MR) is 88.6 cm³/mol. The number of aliphatic hydroxyl groups is 1.